The SMILES string of the molecule is C[C@]12CCCC[C@@H]1[C@@H]2C(=O)N/N=C\c1ccc(-c2ccccc2C#N)o1. The zero-order valence-electron chi connectivity index (χ0n) is 14.7. The molecule has 1 amide bonds. The van der Waals surface area contributed by atoms with Crippen LogP contribution in [0.5, 0.6) is 0 Å². The number of hydrazone groups is 1. The maximum absolute atomic E-state index is 12.4. The zero-order chi connectivity index (χ0) is 18.1. The van der Waals surface area contributed by atoms with Crippen LogP contribution in [0.3, 0.4) is 0 Å². The number of hydrogen-bond donors (Lipinski definition) is 1. The third-order valence-corrected chi connectivity index (χ3v) is 5.92. The molecule has 26 heavy (non-hydrogen) atoms. The highest BCUT2D eigenvalue weighted by Gasteiger charge is 2.64. The summed E-state index contributed by atoms with van der Waals surface area (Å²) in [7, 11) is 0. The highest BCUT2D eigenvalue weighted by atomic mass is 16.3. The first-order valence-electron chi connectivity index (χ1n) is 9.06. The van der Waals surface area contributed by atoms with Gasteiger partial charge in [0.05, 0.1) is 17.8 Å². The van der Waals surface area contributed by atoms with Crippen molar-refractivity contribution in [2.45, 2.75) is 32.6 Å². The minimum absolute atomic E-state index is 0.0113. The second-order valence-corrected chi connectivity index (χ2v) is 7.43. The summed E-state index contributed by atoms with van der Waals surface area (Å²) in [5, 5.41) is 13.2. The van der Waals surface area contributed by atoms with Crippen molar-refractivity contribution in [1.82, 2.24) is 5.43 Å². The van der Waals surface area contributed by atoms with Crippen molar-refractivity contribution in [3.05, 3.63) is 47.7 Å². The highest BCUT2D eigenvalue weighted by molar-refractivity contribution is 5.85. The predicted molar refractivity (Wildman–Crippen MR) is 98.2 cm³/mol. The summed E-state index contributed by atoms with van der Waals surface area (Å²) in [5.41, 5.74) is 4.14. The highest BCUT2D eigenvalue weighted by Crippen LogP contribution is 2.66. The molecule has 0 saturated heterocycles. The molecule has 2 aliphatic rings. The van der Waals surface area contributed by atoms with E-state index in [4.69, 9.17) is 4.42 Å². The summed E-state index contributed by atoms with van der Waals surface area (Å²) >= 11 is 0. The smallest absolute Gasteiger partial charge is 0.244 e. The quantitative estimate of drug-likeness (QED) is 0.668. The fraction of sp³-hybridized carbons (Fsp3) is 0.381. The molecule has 0 unspecified atom stereocenters. The Kier molecular flexibility index (Phi) is 4.12. The Bertz CT molecular complexity index is 908. The Hall–Kier alpha value is -2.87. The lowest BCUT2D eigenvalue weighted by molar-refractivity contribution is -0.123. The molecule has 5 nitrogen and oxygen atoms in total. The van der Waals surface area contributed by atoms with Gasteiger partial charge in [0, 0.05) is 11.5 Å². The summed E-state index contributed by atoms with van der Waals surface area (Å²) < 4.78 is 5.73. The van der Waals surface area contributed by atoms with Crippen LogP contribution in [-0.4, -0.2) is 12.1 Å². The number of hydrogen-bond acceptors (Lipinski definition) is 4. The maximum Gasteiger partial charge on any atom is 0.244 e. The van der Waals surface area contributed by atoms with Crippen molar-refractivity contribution in [1.29, 1.82) is 5.26 Å². The molecule has 132 valence electrons. The molecule has 1 N–H and O–H groups in total. The van der Waals surface area contributed by atoms with E-state index in [0.717, 1.165) is 18.4 Å². The number of rotatable bonds is 4. The van der Waals surface area contributed by atoms with Crippen molar-refractivity contribution < 1.29 is 9.21 Å². The third-order valence-electron chi connectivity index (χ3n) is 5.92. The molecule has 1 aromatic heterocycles. The molecule has 0 radical (unpaired) electrons. The van der Waals surface area contributed by atoms with Crippen LogP contribution in [-0.2, 0) is 4.79 Å². The summed E-state index contributed by atoms with van der Waals surface area (Å²) in [6.45, 7) is 2.22. The van der Waals surface area contributed by atoms with Gasteiger partial charge in [-0.15, -0.1) is 0 Å². The van der Waals surface area contributed by atoms with Gasteiger partial charge in [0.1, 0.15) is 11.5 Å². The summed E-state index contributed by atoms with van der Waals surface area (Å²) in [6.07, 6.45) is 6.24. The number of carbonyl (C=O) groups excluding carboxylic acids is 1. The van der Waals surface area contributed by atoms with Gasteiger partial charge in [0.25, 0.3) is 0 Å². The van der Waals surface area contributed by atoms with E-state index < -0.39 is 0 Å². The normalized spacial score (nSPS) is 26.9. The molecule has 2 aromatic rings. The zero-order valence-corrected chi connectivity index (χ0v) is 14.7. The lowest BCUT2D eigenvalue weighted by atomic mass is 9.90. The van der Waals surface area contributed by atoms with E-state index in [1.165, 1.54) is 19.1 Å². The standard InChI is InChI=1S/C21H21N3O2/c1-21-11-5-4-8-17(21)19(21)20(25)24-23-13-15-9-10-18(26-15)16-7-3-2-6-14(16)12-22/h2-3,6-7,9-10,13,17,19H,4-5,8,11H2,1H3,(H,24,25)/b23-13-/t17-,19-,21+/m1/s1. The van der Waals surface area contributed by atoms with Gasteiger partial charge in [0.15, 0.2) is 0 Å². The molecule has 1 aromatic carbocycles. The number of nitrogens with zero attached hydrogens (tertiary/aromatic N) is 2. The fourth-order valence-electron chi connectivity index (χ4n) is 4.44. The van der Waals surface area contributed by atoms with Crippen LogP contribution in [0.25, 0.3) is 11.3 Å². The topological polar surface area (TPSA) is 78.4 Å². The van der Waals surface area contributed by atoms with Gasteiger partial charge in [-0.05, 0) is 48.4 Å². The number of carbonyl (C=O) groups is 1. The van der Waals surface area contributed by atoms with Crippen molar-refractivity contribution in [2.24, 2.45) is 22.4 Å². The average Bonchev–Trinajstić information content (AvgIpc) is 3.03. The Balaban J connectivity index is 1.40. The Morgan fingerprint density at radius 1 is 1.35 bits per heavy atom. The van der Waals surface area contributed by atoms with E-state index in [2.05, 4.69) is 23.5 Å². The van der Waals surface area contributed by atoms with Gasteiger partial charge < -0.3 is 4.42 Å². The molecule has 0 aliphatic heterocycles. The molecule has 1 heterocycles. The molecule has 5 heteroatoms. The molecule has 2 aliphatic carbocycles. The number of fused-ring (bicyclic) bond motifs is 1. The van der Waals surface area contributed by atoms with E-state index in [0.29, 0.717) is 23.0 Å². The summed E-state index contributed by atoms with van der Waals surface area (Å²) in [4.78, 5) is 12.4. The third kappa shape index (κ3) is 2.82. The van der Waals surface area contributed by atoms with E-state index in [9.17, 15) is 10.1 Å². The number of benzene rings is 1. The number of nitrogens with one attached hydrogen (secondary N) is 1. The Morgan fingerprint density at radius 3 is 2.96 bits per heavy atom. The summed E-state index contributed by atoms with van der Waals surface area (Å²) in [6, 6.07) is 13.0. The monoisotopic (exact) mass is 347 g/mol. The van der Waals surface area contributed by atoms with Gasteiger partial charge >= 0.3 is 0 Å². The van der Waals surface area contributed by atoms with E-state index in [1.54, 1.807) is 18.2 Å². The van der Waals surface area contributed by atoms with Crippen LogP contribution in [0.4, 0.5) is 0 Å². The molecule has 2 saturated carbocycles. The number of furan rings is 1. The van der Waals surface area contributed by atoms with Crippen LogP contribution in [0.1, 0.15) is 43.9 Å². The Morgan fingerprint density at radius 2 is 2.19 bits per heavy atom. The van der Waals surface area contributed by atoms with E-state index in [1.807, 2.05) is 18.2 Å². The second-order valence-electron chi connectivity index (χ2n) is 7.43. The van der Waals surface area contributed by atoms with Crippen LogP contribution < -0.4 is 5.43 Å². The first kappa shape index (κ1) is 16.6. The molecule has 0 bridgehead atoms. The average molecular weight is 347 g/mol. The molecular formula is C21H21N3O2. The van der Waals surface area contributed by atoms with E-state index in [-0.39, 0.29) is 17.2 Å². The van der Waals surface area contributed by atoms with Crippen LogP contribution in [0.2, 0.25) is 0 Å². The van der Waals surface area contributed by atoms with Gasteiger partial charge in [-0.3, -0.25) is 4.79 Å². The number of amides is 1. The van der Waals surface area contributed by atoms with E-state index >= 15 is 0 Å². The minimum atomic E-state index is 0.0113. The van der Waals surface area contributed by atoms with Crippen molar-refractivity contribution in [3.8, 4) is 17.4 Å². The van der Waals surface area contributed by atoms with Gasteiger partial charge in [-0.2, -0.15) is 10.4 Å². The van der Waals surface area contributed by atoms with Gasteiger partial charge in [-0.1, -0.05) is 31.9 Å². The van der Waals surface area contributed by atoms with Crippen molar-refractivity contribution >= 4 is 12.1 Å². The fourth-order valence-corrected chi connectivity index (χ4v) is 4.44. The lowest BCUT2D eigenvalue weighted by Crippen LogP contribution is -2.22. The molecule has 4 rings (SSSR count). The molecule has 3 atom stereocenters. The van der Waals surface area contributed by atoms with Gasteiger partial charge in [-0.25, -0.2) is 5.43 Å². The Labute approximate surface area is 152 Å². The molecular weight excluding hydrogens is 326 g/mol. The predicted octanol–water partition coefficient (Wildman–Crippen LogP) is 4.09. The molecule has 0 spiro atoms. The maximum atomic E-state index is 12.4. The minimum Gasteiger partial charge on any atom is -0.455 e. The van der Waals surface area contributed by atoms with Crippen LogP contribution in [0.15, 0.2) is 45.9 Å². The second kappa shape index (κ2) is 6.45. The van der Waals surface area contributed by atoms with Crippen LogP contribution >= 0.6 is 0 Å². The van der Waals surface area contributed by atoms with Crippen molar-refractivity contribution in [3.63, 3.8) is 0 Å². The number of nitriles is 1. The van der Waals surface area contributed by atoms with Crippen molar-refractivity contribution in [2.75, 3.05) is 0 Å². The first-order chi connectivity index (χ1) is 12.6. The van der Waals surface area contributed by atoms with Gasteiger partial charge in [0.2, 0.25) is 5.91 Å². The lowest BCUT2D eigenvalue weighted by Gasteiger charge is -2.15. The molecule has 2 fully saturated rings. The largest absolute Gasteiger partial charge is 0.455 e. The van der Waals surface area contributed by atoms with Crippen LogP contribution in [0, 0.1) is 28.6 Å². The first-order valence-corrected chi connectivity index (χ1v) is 9.06. The summed E-state index contributed by atoms with van der Waals surface area (Å²) in [5.74, 6) is 1.77.